The van der Waals surface area contributed by atoms with Crippen molar-refractivity contribution in [2.24, 2.45) is 0 Å². The predicted molar refractivity (Wildman–Crippen MR) is 76.7 cm³/mol. The third-order valence-corrected chi connectivity index (χ3v) is 4.22. The van der Waals surface area contributed by atoms with Crippen LogP contribution in [0.4, 0.5) is 4.39 Å². The Kier molecular flexibility index (Phi) is 4.58. The zero-order valence-electron chi connectivity index (χ0n) is 11.2. The molecular formula is C14H18BrFN2O. The van der Waals surface area contributed by atoms with E-state index in [0.29, 0.717) is 22.6 Å². The first kappa shape index (κ1) is 14.5. The standard InChI is InChI=1S/C14H18BrFN2O/c1-17(2)11-4-3-7-18(9-11)14(19)10-5-6-12(15)13(16)8-10/h5-6,8,11H,3-4,7,9H2,1-2H3/t11-/m1/s1. The van der Waals surface area contributed by atoms with Gasteiger partial charge in [-0.15, -0.1) is 0 Å². The Labute approximate surface area is 121 Å². The van der Waals surface area contributed by atoms with Crippen molar-refractivity contribution in [3.05, 3.63) is 34.1 Å². The minimum Gasteiger partial charge on any atom is -0.337 e. The number of piperidine rings is 1. The molecule has 19 heavy (non-hydrogen) atoms. The summed E-state index contributed by atoms with van der Waals surface area (Å²) in [6.45, 7) is 1.46. The van der Waals surface area contributed by atoms with Crippen LogP contribution in [0.3, 0.4) is 0 Å². The van der Waals surface area contributed by atoms with Crippen molar-refractivity contribution >= 4 is 21.8 Å². The van der Waals surface area contributed by atoms with Crippen LogP contribution in [0.15, 0.2) is 22.7 Å². The van der Waals surface area contributed by atoms with Gasteiger partial charge in [-0.1, -0.05) is 0 Å². The van der Waals surface area contributed by atoms with Crippen LogP contribution in [-0.4, -0.2) is 48.9 Å². The lowest BCUT2D eigenvalue weighted by atomic mass is 10.0. The van der Waals surface area contributed by atoms with E-state index >= 15 is 0 Å². The quantitative estimate of drug-likeness (QED) is 0.833. The monoisotopic (exact) mass is 328 g/mol. The molecule has 0 unspecified atom stereocenters. The fraction of sp³-hybridized carbons (Fsp3) is 0.500. The first-order chi connectivity index (χ1) is 8.99. The third-order valence-electron chi connectivity index (χ3n) is 3.58. The van der Waals surface area contributed by atoms with Crippen LogP contribution in [-0.2, 0) is 0 Å². The van der Waals surface area contributed by atoms with Gasteiger partial charge in [0, 0.05) is 24.7 Å². The number of hydrogen-bond acceptors (Lipinski definition) is 2. The summed E-state index contributed by atoms with van der Waals surface area (Å²) in [5.74, 6) is -0.482. The number of rotatable bonds is 2. The zero-order chi connectivity index (χ0) is 14.0. The molecule has 0 saturated carbocycles. The summed E-state index contributed by atoms with van der Waals surface area (Å²) in [7, 11) is 4.05. The summed E-state index contributed by atoms with van der Waals surface area (Å²) in [6, 6.07) is 4.93. The van der Waals surface area contributed by atoms with Gasteiger partial charge in [-0.2, -0.15) is 0 Å². The average molecular weight is 329 g/mol. The number of nitrogens with zero attached hydrogens (tertiary/aromatic N) is 2. The van der Waals surface area contributed by atoms with E-state index in [1.54, 1.807) is 12.1 Å². The third kappa shape index (κ3) is 3.34. The van der Waals surface area contributed by atoms with Gasteiger partial charge in [-0.3, -0.25) is 4.79 Å². The van der Waals surface area contributed by atoms with Crippen molar-refractivity contribution in [3.63, 3.8) is 0 Å². The Morgan fingerprint density at radius 2 is 2.21 bits per heavy atom. The SMILES string of the molecule is CN(C)[C@@H]1CCCN(C(=O)c2ccc(Br)c(F)c2)C1. The smallest absolute Gasteiger partial charge is 0.254 e. The van der Waals surface area contributed by atoms with E-state index in [1.807, 2.05) is 19.0 Å². The number of hydrogen-bond donors (Lipinski definition) is 0. The molecule has 1 aliphatic heterocycles. The molecule has 0 N–H and O–H groups in total. The van der Waals surface area contributed by atoms with Crippen LogP contribution in [0.25, 0.3) is 0 Å². The Morgan fingerprint density at radius 3 is 2.84 bits per heavy atom. The highest BCUT2D eigenvalue weighted by molar-refractivity contribution is 9.10. The maximum Gasteiger partial charge on any atom is 0.254 e. The molecule has 3 nitrogen and oxygen atoms in total. The van der Waals surface area contributed by atoms with Gasteiger partial charge < -0.3 is 9.80 Å². The molecule has 1 amide bonds. The lowest BCUT2D eigenvalue weighted by Gasteiger charge is -2.36. The minimum atomic E-state index is -0.396. The predicted octanol–water partition coefficient (Wildman–Crippen LogP) is 2.75. The van der Waals surface area contributed by atoms with Gasteiger partial charge in [-0.25, -0.2) is 4.39 Å². The molecule has 0 aromatic heterocycles. The first-order valence-corrected chi connectivity index (χ1v) is 7.19. The summed E-state index contributed by atoms with van der Waals surface area (Å²) in [6.07, 6.45) is 2.10. The van der Waals surface area contributed by atoms with E-state index < -0.39 is 5.82 Å². The van der Waals surface area contributed by atoms with Crippen LogP contribution >= 0.6 is 15.9 Å². The number of carbonyl (C=O) groups excluding carboxylic acids is 1. The number of benzene rings is 1. The molecule has 0 bridgehead atoms. The van der Waals surface area contributed by atoms with Crippen molar-refractivity contribution in [1.82, 2.24) is 9.80 Å². The van der Waals surface area contributed by atoms with Crippen molar-refractivity contribution in [2.45, 2.75) is 18.9 Å². The van der Waals surface area contributed by atoms with Crippen molar-refractivity contribution < 1.29 is 9.18 Å². The fourth-order valence-corrected chi connectivity index (χ4v) is 2.62. The van der Waals surface area contributed by atoms with Crippen molar-refractivity contribution in [3.8, 4) is 0 Å². The van der Waals surface area contributed by atoms with E-state index in [4.69, 9.17) is 0 Å². The Morgan fingerprint density at radius 1 is 1.47 bits per heavy atom. The summed E-state index contributed by atoms with van der Waals surface area (Å²) in [4.78, 5) is 16.3. The number of likely N-dealkylation sites (tertiary alicyclic amines) is 1. The number of amides is 1. The van der Waals surface area contributed by atoms with Gasteiger partial charge in [0.05, 0.1) is 4.47 Å². The summed E-state index contributed by atoms with van der Waals surface area (Å²) < 4.78 is 13.9. The molecule has 2 rings (SSSR count). The Bertz CT molecular complexity index is 479. The molecule has 5 heteroatoms. The highest BCUT2D eigenvalue weighted by Gasteiger charge is 2.25. The van der Waals surface area contributed by atoms with E-state index in [9.17, 15) is 9.18 Å². The normalized spacial score (nSPS) is 19.8. The summed E-state index contributed by atoms with van der Waals surface area (Å²) >= 11 is 3.10. The molecule has 0 aliphatic carbocycles. The van der Waals surface area contributed by atoms with Gasteiger partial charge in [0.1, 0.15) is 5.82 Å². The van der Waals surface area contributed by atoms with E-state index in [2.05, 4.69) is 20.8 Å². The first-order valence-electron chi connectivity index (χ1n) is 6.40. The Hall–Kier alpha value is -0.940. The second kappa shape index (κ2) is 6.01. The number of carbonyl (C=O) groups is 1. The van der Waals surface area contributed by atoms with E-state index in [1.165, 1.54) is 6.07 Å². The van der Waals surface area contributed by atoms with Crippen LogP contribution in [0.2, 0.25) is 0 Å². The van der Waals surface area contributed by atoms with Crippen molar-refractivity contribution in [1.29, 1.82) is 0 Å². The van der Waals surface area contributed by atoms with Gasteiger partial charge in [0.2, 0.25) is 0 Å². The van der Waals surface area contributed by atoms with Gasteiger partial charge in [0.15, 0.2) is 0 Å². The molecule has 1 fully saturated rings. The molecular weight excluding hydrogens is 311 g/mol. The second-order valence-electron chi connectivity index (χ2n) is 5.14. The molecule has 1 atom stereocenters. The molecule has 0 radical (unpaired) electrons. The summed E-state index contributed by atoms with van der Waals surface area (Å²) in [5, 5.41) is 0. The fourth-order valence-electron chi connectivity index (χ4n) is 2.37. The van der Waals surface area contributed by atoms with Crippen LogP contribution in [0.5, 0.6) is 0 Å². The molecule has 0 spiro atoms. The van der Waals surface area contributed by atoms with Gasteiger partial charge in [-0.05, 0) is 61.1 Å². The summed E-state index contributed by atoms with van der Waals surface area (Å²) in [5.41, 5.74) is 0.417. The lowest BCUT2D eigenvalue weighted by Crippen LogP contribution is -2.47. The Balaban J connectivity index is 2.12. The van der Waals surface area contributed by atoms with Gasteiger partial charge >= 0.3 is 0 Å². The zero-order valence-corrected chi connectivity index (χ0v) is 12.8. The topological polar surface area (TPSA) is 23.6 Å². The molecule has 1 aromatic rings. The number of halogens is 2. The highest BCUT2D eigenvalue weighted by Crippen LogP contribution is 2.20. The van der Waals surface area contributed by atoms with Crippen molar-refractivity contribution in [2.75, 3.05) is 27.2 Å². The minimum absolute atomic E-state index is 0.0852. The lowest BCUT2D eigenvalue weighted by molar-refractivity contribution is 0.0634. The van der Waals surface area contributed by atoms with Crippen LogP contribution in [0, 0.1) is 5.82 Å². The van der Waals surface area contributed by atoms with Crippen LogP contribution in [0.1, 0.15) is 23.2 Å². The average Bonchev–Trinajstić information content (AvgIpc) is 2.41. The molecule has 104 valence electrons. The highest BCUT2D eigenvalue weighted by atomic mass is 79.9. The maximum absolute atomic E-state index is 13.5. The van der Waals surface area contributed by atoms with E-state index in [0.717, 1.165) is 19.4 Å². The van der Waals surface area contributed by atoms with Crippen LogP contribution < -0.4 is 0 Å². The maximum atomic E-state index is 13.5. The second-order valence-corrected chi connectivity index (χ2v) is 5.99. The molecule has 1 heterocycles. The number of likely N-dealkylation sites (N-methyl/N-ethyl adjacent to an activating group) is 1. The molecule has 1 saturated heterocycles. The van der Waals surface area contributed by atoms with E-state index in [-0.39, 0.29) is 5.91 Å². The molecule has 1 aliphatic rings. The molecule has 1 aromatic carbocycles. The van der Waals surface area contributed by atoms with Gasteiger partial charge in [0.25, 0.3) is 5.91 Å². The largest absolute Gasteiger partial charge is 0.337 e.